The fraction of sp³-hybridized carbons (Fsp3) is 0.600. The zero-order valence-corrected chi connectivity index (χ0v) is 13.2. The van der Waals surface area contributed by atoms with Crippen LogP contribution in [0.1, 0.15) is 13.3 Å². The van der Waals surface area contributed by atoms with Gasteiger partial charge < -0.3 is 10.6 Å². The number of amides is 2. The smallest absolute Gasteiger partial charge is 0.230 e. The molecule has 6 nitrogen and oxygen atoms in total. The maximum Gasteiger partial charge on any atom is 0.230 e. The van der Waals surface area contributed by atoms with Crippen LogP contribution in [-0.2, 0) is 9.59 Å². The van der Waals surface area contributed by atoms with Gasteiger partial charge in [-0.05, 0) is 6.42 Å². The molecule has 0 aliphatic rings. The van der Waals surface area contributed by atoms with E-state index in [0.29, 0.717) is 18.1 Å². The fourth-order valence-corrected chi connectivity index (χ4v) is 3.68. The molecule has 9 heteroatoms. The number of rotatable bonds is 8. The SMILES string of the molecule is CCCNC(=O)CSc1nnc(SCC(=O)NC)s1. The van der Waals surface area contributed by atoms with Gasteiger partial charge in [0.25, 0.3) is 0 Å². The average molecular weight is 320 g/mol. The molecule has 0 aromatic carbocycles. The minimum Gasteiger partial charge on any atom is -0.358 e. The van der Waals surface area contributed by atoms with Crippen molar-refractivity contribution in [2.75, 3.05) is 25.1 Å². The minimum atomic E-state index is -0.0478. The zero-order valence-electron chi connectivity index (χ0n) is 10.8. The number of thioether (sulfide) groups is 2. The molecule has 0 atom stereocenters. The summed E-state index contributed by atoms with van der Waals surface area (Å²) < 4.78 is 1.48. The Morgan fingerprint density at radius 1 is 1.16 bits per heavy atom. The van der Waals surface area contributed by atoms with Crippen molar-refractivity contribution in [3.05, 3.63) is 0 Å². The third-order valence-electron chi connectivity index (χ3n) is 1.89. The topological polar surface area (TPSA) is 84.0 Å². The molecule has 0 radical (unpaired) electrons. The zero-order chi connectivity index (χ0) is 14.1. The van der Waals surface area contributed by atoms with Gasteiger partial charge in [-0.3, -0.25) is 9.59 Å². The molecule has 0 spiro atoms. The van der Waals surface area contributed by atoms with E-state index in [0.717, 1.165) is 15.1 Å². The highest BCUT2D eigenvalue weighted by atomic mass is 32.2. The minimum absolute atomic E-state index is 0.00149. The van der Waals surface area contributed by atoms with Crippen molar-refractivity contribution >= 4 is 46.7 Å². The summed E-state index contributed by atoms with van der Waals surface area (Å²) in [6.45, 7) is 2.71. The molecule has 1 aromatic heterocycles. The summed E-state index contributed by atoms with van der Waals surface area (Å²) in [6.07, 6.45) is 0.926. The lowest BCUT2D eigenvalue weighted by Gasteiger charge is -2.00. The van der Waals surface area contributed by atoms with E-state index >= 15 is 0 Å². The number of carbonyl (C=O) groups excluding carboxylic acids is 2. The summed E-state index contributed by atoms with van der Waals surface area (Å²) in [7, 11) is 1.60. The summed E-state index contributed by atoms with van der Waals surface area (Å²) in [6, 6.07) is 0. The number of carbonyl (C=O) groups is 2. The van der Waals surface area contributed by atoms with Gasteiger partial charge in [-0.25, -0.2) is 0 Å². The summed E-state index contributed by atoms with van der Waals surface area (Å²) in [4.78, 5) is 22.5. The van der Waals surface area contributed by atoms with Crippen LogP contribution in [0.4, 0.5) is 0 Å². The Hall–Kier alpha value is -0.800. The Balaban J connectivity index is 2.30. The summed E-state index contributed by atoms with van der Waals surface area (Å²) in [5, 5.41) is 13.3. The Labute approximate surface area is 124 Å². The Kier molecular flexibility index (Phi) is 7.84. The molecular weight excluding hydrogens is 304 g/mol. The van der Waals surface area contributed by atoms with E-state index in [1.54, 1.807) is 7.05 Å². The first-order valence-corrected chi connectivity index (χ1v) is 8.50. The molecule has 1 aromatic rings. The molecule has 0 bridgehead atoms. The Morgan fingerprint density at radius 3 is 2.26 bits per heavy atom. The van der Waals surface area contributed by atoms with E-state index in [-0.39, 0.29) is 11.8 Å². The predicted molar refractivity (Wildman–Crippen MR) is 78.7 cm³/mol. The monoisotopic (exact) mass is 320 g/mol. The summed E-state index contributed by atoms with van der Waals surface area (Å²) >= 11 is 4.09. The average Bonchev–Trinajstić information content (AvgIpc) is 2.88. The number of nitrogens with zero attached hydrogens (tertiary/aromatic N) is 2. The molecule has 106 valence electrons. The van der Waals surface area contributed by atoms with Crippen LogP contribution in [0.25, 0.3) is 0 Å². The molecule has 0 aliphatic heterocycles. The number of aromatic nitrogens is 2. The number of hydrogen-bond acceptors (Lipinski definition) is 7. The van der Waals surface area contributed by atoms with Crippen LogP contribution < -0.4 is 10.6 Å². The largest absolute Gasteiger partial charge is 0.358 e. The molecule has 2 amide bonds. The summed E-state index contributed by atoms with van der Waals surface area (Å²) in [5.74, 6) is 0.622. The highest BCUT2D eigenvalue weighted by Gasteiger charge is 2.09. The maximum absolute atomic E-state index is 11.4. The second kappa shape index (κ2) is 9.16. The van der Waals surface area contributed by atoms with Gasteiger partial charge in [0.15, 0.2) is 8.68 Å². The van der Waals surface area contributed by atoms with Gasteiger partial charge in [-0.1, -0.05) is 41.8 Å². The lowest BCUT2D eigenvalue weighted by molar-refractivity contribution is -0.119. The lowest BCUT2D eigenvalue weighted by atomic mass is 10.5. The molecular formula is C10H16N4O2S3. The first-order chi connectivity index (χ1) is 9.15. The predicted octanol–water partition coefficient (Wildman–Crippen LogP) is 0.995. The van der Waals surface area contributed by atoms with Crippen LogP contribution >= 0.6 is 34.9 Å². The van der Waals surface area contributed by atoms with Gasteiger partial charge in [0, 0.05) is 13.6 Å². The van der Waals surface area contributed by atoms with Crippen molar-refractivity contribution in [3.8, 4) is 0 Å². The first-order valence-electron chi connectivity index (χ1n) is 5.72. The van der Waals surface area contributed by atoms with Gasteiger partial charge in [0.2, 0.25) is 11.8 Å². The number of hydrogen-bond donors (Lipinski definition) is 2. The van der Waals surface area contributed by atoms with Crippen LogP contribution in [0.15, 0.2) is 8.68 Å². The Bertz CT molecular complexity index is 425. The molecule has 1 rings (SSSR count). The van der Waals surface area contributed by atoms with Crippen LogP contribution in [0.5, 0.6) is 0 Å². The van der Waals surface area contributed by atoms with Gasteiger partial charge in [-0.15, -0.1) is 10.2 Å². The van der Waals surface area contributed by atoms with Crippen LogP contribution in [0.2, 0.25) is 0 Å². The maximum atomic E-state index is 11.4. The van der Waals surface area contributed by atoms with Crippen LogP contribution in [0, 0.1) is 0 Å². The third kappa shape index (κ3) is 6.79. The van der Waals surface area contributed by atoms with Gasteiger partial charge in [-0.2, -0.15) is 0 Å². The molecule has 0 saturated heterocycles. The first kappa shape index (κ1) is 16.3. The van der Waals surface area contributed by atoms with E-state index in [1.165, 1.54) is 34.9 Å². The normalized spacial score (nSPS) is 10.2. The van der Waals surface area contributed by atoms with E-state index in [4.69, 9.17) is 0 Å². The number of nitrogens with one attached hydrogen (secondary N) is 2. The molecule has 19 heavy (non-hydrogen) atoms. The second-order valence-electron chi connectivity index (χ2n) is 3.43. The van der Waals surface area contributed by atoms with Crippen LogP contribution in [0.3, 0.4) is 0 Å². The Morgan fingerprint density at radius 2 is 1.74 bits per heavy atom. The second-order valence-corrected chi connectivity index (χ2v) is 6.86. The van der Waals surface area contributed by atoms with Crippen molar-refractivity contribution in [1.82, 2.24) is 20.8 Å². The third-order valence-corrected chi connectivity index (χ3v) is 5.08. The van der Waals surface area contributed by atoms with Crippen molar-refractivity contribution in [1.29, 1.82) is 0 Å². The van der Waals surface area contributed by atoms with Crippen LogP contribution in [-0.4, -0.2) is 47.1 Å². The van der Waals surface area contributed by atoms with Gasteiger partial charge in [0.05, 0.1) is 11.5 Å². The molecule has 0 saturated carbocycles. The van der Waals surface area contributed by atoms with Crippen molar-refractivity contribution in [2.24, 2.45) is 0 Å². The molecule has 2 N–H and O–H groups in total. The van der Waals surface area contributed by atoms with E-state index in [2.05, 4.69) is 20.8 Å². The molecule has 0 aliphatic carbocycles. The quantitative estimate of drug-likeness (QED) is 0.695. The van der Waals surface area contributed by atoms with E-state index in [9.17, 15) is 9.59 Å². The molecule has 1 heterocycles. The molecule has 0 fully saturated rings. The van der Waals surface area contributed by atoms with E-state index < -0.39 is 0 Å². The fourth-order valence-electron chi connectivity index (χ4n) is 0.956. The van der Waals surface area contributed by atoms with Crippen molar-refractivity contribution in [3.63, 3.8) is 0 Å². The molecule has 0 unspecified atom stereocenters. The van der Waals surface area contributed by atoms with Crippen molar-refractivity contribution < 1.29 is 9.59 Å². The lowest BCUT2D eigenvalue weighted by Crippen LogP contribution is -2.25. The highest BCUT2D eigenvalue weighted by molar-refractivity contribution is 8.03. The van der Waals surface area contributed by atoms with Gasteiger partial charge >= 0.3 is 0 Å². The van der Waals surface area contributed by atoms with Crippen molar-refractivity contribution in [2.45, 2.75) is 22.0 Å². The standard InChI is InChI=1S/C10H16N4O2S3/c1-3-4-12-8(16)6-18-10-14-13-9(19-10)17-5-7(15)11-2/h3-6H2,1-2H3,(H,11,15)(H,12,16). The van der Waals surface area contributed by atoms with Gasteiger partial charge in [0.1, 0.15) is 0 Å². The highest BCUT2D eigenvalue weighted by Crippen LogP contribution is 2.28. The van der Waals surface area contributed by atoms with E-state index in [1.807, 2.05) is 6.92 Å². The summed E-state index contributed by atoms with van der Waals surface area (Å²) in [5.41, 5.74) is 0.